The largest absolute Gasteiger partial charge is 0.492 e. The molecule has 1 fully saturated rings. The molecule has 9 heteroatoms. The molecule has 0 aliphatic carbocycles. The fourth-order valence-corrected chi connectivity index (χ4v) is 5.37. The highest BCUT2D eigenvalue weighted by atomic mass is 32.1. The van der Waals surface area contributed by atoms with Crippen molar-refractivity contribution in [2.75, 3.05) is 18.1 Å². The Bertz CT molecular complexity index is 1190. The smallest absolute Gasteiger partial charge is 0.324 e. The number of carbonyl (C=O) groups is 1. The highest BCUT2D eigenvalue weighted by Gasteiger charge is 2.41. The molecule has 0 radical (unpaired) electrons. The fourth-order valence-electron chi connectivity index (χ4n) is 4.15. The van der Waals surface area contributed by atoms with E-state index >= 15 is 0 Å². The van der Waals surface area contributed by atoms with Crippen LogP contribution in [0.15, 0.2) is 30.6 Å². The molecule has 4 heterocycles. The molecule has 0 unspecified atom stereocenters. The summed E-state index contributed by atoms with van der Waals surface area (Å²) in [7, 11) is 0. The first-order valence-electron chi connectivity index (χ1n) is 10.7. The maximum absolute atomic E-state index is 12.4. The number of benzene rings is 1. The van der Waals surface area contributed by atoms with Crippen molar-refractivity contribution in [2.24, 2.45) is 0 Å². The number of nitrogens with one attached hydrogen (secondary N) is 1. The van der Waals surface area contributed by atoms with Gasteiger partial charge in [0, 0.05) is 35.2 Å². The third-order valence-electron chi connectivity index (χ3n) is 5.70. The molecule has 3 aromatic rings. The number of urea groups is 1. The average Bonchev–Trinajstić information content (AvgIpc) is 3.36. The van der Waals surface area contributed by atoms with Gasteiger partial charge in [0.05, 0.1) is 36.2 Å². The molecule has 2 N–H and O–H groups in total. The molecule has 0 atom stereocenters. The molecule has 5 rings (SSSR count). The first-order chi connectivity index (χ1) is 15.1. The number of fused-ring (bicyclic) bond motifs is 3. The van der Waals surface area contributed by atoms with E-state index in [4.69, 9.17) is 9.72 Å². The predicted molar refractivity (Wildman–Crippen MR) is 124 cm³/mol. The number of hydrogen-bond acceptors (Lipinski definition) is 6. The van der Waals surface area contributed by atoms with Crippen molar-refractivity contribution < 1.29 is 14.6 Å². The van der Waals surface area contributed by atoms with Crippen LogP contribution in [0.4, 0.5) is 9.93 Å². The van der Waals surface area contributed by atoms with Crippen LogP contribution in [0.5, 0.6) is 5.75 Å². The second-order valence-corrected chi connectivity index (χ2v) is 10.7. The maximum atomic E-state index is 12.4. The van der Waals surface area contributed by atoms with Gasteiger partial charge < -0.3 is 15.2 Å². The number of aliphatic hydroxyl groups is 1. The van der Waals surface area contributed by atoms with E-state index in [0.29, 0.717) is 19.7 Å². The van der Waals surface area contributed by atoms with Crippen LogP contribution in [0.25, 0.3) is 22.4 Å². The van der Waals surface area contributed by atoms with Crippen LogP contribution >= 0.6 is 11.3 Å². The standard InChI is InChI=1S/C23H27N5O3S/c1-22(2)12-24-20(29)28(22)21-26-19-16-6-5-14(9-17(16)31-8-7-18(19)32-21)15-10-25-27(11-15)13-23(3,4)30/h5-6,9-11,30H,7-8,12-13H2,1-4H3,(H,24,29). The van der Waals surface area contributed by atoms with Crippen LogP contribution in [0.2, 0.25) is 0 Å². The third-order valence-corrected chi connectivity index (χ3v) is 6.80. The van der Waals surface area contributed by atoms with Crippen molar-refractivity contribution in [3.05, 3.63) is 35.5 Å². The Morgan fingerprint density at radius 1 is 1.31 bits per heavy atom. The third kappa shape index (κ3) is 3.75. The van der Waals surface area contributed by atoms with Crippen molar-refractivity contribution in [1.29, 1.82) is 0 Å². The van der Waals surface area contributed by atoms with Crippen LogP contribution in [-0.4, -0.2) is 50.2 Å². The van der Waals surface area contributed by atoms with E-state index in [-0.39, 0.29) is 11.6 Å². The van der Waals surface area contributed by atoms with E-state index < -0.39 is 5.60 Å². The maximum Gasteiger partial charge on any atom is 0.324 e. The van der Waals surface area contributed by atoms with Gasteiger partial charge in [-0.3, -0.25) is 9.58 Å². The van der Waals surface area contributed by atoms with Gasteiger partial charge in [0.25, 0.3) is 0 Å². The van der Waals surface area contributed by atoms with Crippen LogP contribution in [0, 0.1) is 0 Å². The Balaban J connectivity index is 1.49. The van der Waals surface area contributed by atoms with Crippen LogP contribution in [0.1, 0.15) is 32.6 Å². The SMILES string of the molecule is CC(C)(O)Cn1cc(-c2ccc3c(c2)OCCc2sc(N4C(=O)NCC4(C)C)nc2-3)cn1. The molecule has 168 valence electrons. The number of anilines is 1. The zero-order valence-corrected chi connectivity index (χ0v) is 19.5. The monoisotopic (exact) mass is 453 g/mol. The van der Waals surface area contributed by atoms with Gasteiger partial charge in [-0.05, 0) is 45.4 Å². The number of hydrogen-bond donors (Lipinski definition) is 2. The number of ether oxygens (including phenoxy) is 1. The Kier molecular flexibility index (Phi) is 4.79. The molecule has 32 heavy (non-hydrogen) atoms. The molecule has 2 aliphatic heterocycles. The van der Waals surface area contributed by atoms with Gasteiger partial charge in [0.2, 0.25) is 0 Å². The summed E-state index contributed by atoms with van der Waals surface area (Å²) in [5, 5.41) is 18.1. The summed E-state index contributed by atoms with van der Waals surface area (Å²) in [6, 6.07) is 5.98. The molecule has 8 nitrogen and oxygen atoms in total. The molecule has 1 saturated heterocycles. The molecule has 2 aromatic heterocycles. The van der Waals surface area contributed by atoms with Crippen molar-refractivity contribution in [2.45, 2.75) is 51.8 Å². The lowest BCUT2D eigenvalue weighted by Crippen LogP contribution is -2.42. The van der Waals surface area contributed by atoms with E-state index in [1.165, 1.54) is 0 Å². The van der Waals surface area contributed by atoms with E-state index in [0.717, 1.165) is 44.6 Å². The summed E-state index contributed by atoms with van der Waals surface area (Å²) in [4.78, 5) is 20.2. The van der Waals surface area contributed by atoms with Gasteiger partial charge in [0.1, 0.15) is 5.75 Å². The van der Waals surface area contributed by atoms with E-state index in [2.05, 4.69) is 10.4 Å². The van der Waals surface area contributed by atoms with E-state index in [1.807, 2.05) is 38.2 Å². The van der Waals surface area contributed by atoms with Crippen molar-refractivity contribution in [1.82, 2.24) is 20.1 Å². The summed E-state index contributed by atoms with van der Waals surface area (Å²) in [5.41, 5.74) is 2.62. The first-order valence-corrected chi connectivity index (χ1v) is 11.5. The van der Waals surface area contributed by atoms with Crippen molar-refractivity contribution in [3.63, 3.8) is 0 Å². The topological polar surface area (TPSA) is 92.5 Å². The van der Waals surface area contributed by atoms with Gasteiger partial charge in [-0.15, -0.1) is 11.3 Å². The minimum Gasteiger partial charge on any atom is -0.492 e. The number of aromatic nitrogens is 3. The quantitative estimate of drug-likeness (QED) is 0.629. The zero-order valence-electron chi connectivity index (χ0n) is 18.7. The molecular weight excluding hydrogens is 426 g/mol. The minimum absolute atomic E-state index is 0.103. The Hall–Kier alpha value is -2.91. The van der Waals surface area contributed by atoms with Gasteiger partial charge in [-0.1, -0.05) is 6.07 Å². The Morgan fingerprint density at radius 2 is 2.12 bits per heavy atom. The lowest BCUT2D eigenvalue weighted by Gasteiger charge is -2.27. The summed E-state index contributed by atoms with van der Waals surface area (Å²) >= 11 is 1.56. The van der Waals surface area contributed by atoms with E-state index in [1.54, 1.807) is 41.0 Å². The number of carbonyl (C=O) groups excluding carboxylic acids is 1. The van der Waals surface area contributed by atoms with Gasteiger partial charge in [-0.25, -0.2) is 9.78 Å². The predicted octanol–water partition coefficient (Wildman–Crippen LogP) is 3.69. The van der Waals surface area contributed by atoms with Gasteiger partial charge >= 0.3 is 6.03 Å². The van der Waals surface area contributed by atoms with Gasteiger partial charge in [-0.2, -0.15) is 5.10 Å². The normalized spacial score (nSPS) is 17.4. The Morgan fingerprint density at radius 3 is 2.84 bits per heavy atom. The first kappa shape index (κ1) is 21.0. The highest BCUT2D eigenvalue weighted by molar-refractivity contribution is 7.16. The minimum atomic E-state index is -0.834. The van der Waals surface area contributed by atoms with Crippen LogP contribution in [-0.2, 0) is 13.0 Å². The second-order valence-electron chi connectivity index (χ2n) is 9.62. The molecule has 0 spiro atoms. The summed E-state index contributed by atoms with van der Waals surface area (Å²) < 4.78 is 7.82. The molecule has 0 saturated carbocycles. The van der Waals surface area contributed by atoms with Crippen LogP contribution in [0.3, 0.4) is 0 Å². The molecule has 0 bridgehead atoms. The average molecular weight is 454 g/mol. The highest BCUT2D eigenvalue weighted by Crippen LogP contribution is 2.43. The van der Waals surface area contributed by atoms with Gasteiger partial charge in [0.15, 0.2) is 5.13 Å². The number of thiazole rings is 1. The molecule has 1 aromatic carbocycles. The second kappa shape index (κ2) is 7.31. The number of nitrogens with zero attached hydrogens (tertiary/aromatic N) is 4. The molecule has 2 aliphatic rings. The molecule has 2 amide bonds. The van der Waals surface area contributed by atoms with E-state index in [9.17, 15) is 9.90 Å². The fraction of sp³-hybridized carbons (Fsp3) is 0.435. The van der Waals surface area contributed by atoms with Crippen molar-refractivity contribution >= 4 is 22.5 Å². The summed E-state index contributed by atoms with van der Waals surface area (Å²) in [6.07, 6.45) is 4.47. The zero-order chi connectivity index (χ0) is 22.7. The summed E-state index contributed by atoms with van der Waals surface area (Å²) in [6.45, 7) is 9.17. The Labute approximate surface area is 190 Å². The summed E-state index contributed by atoms with van der Waals surface area (Å²) in [5.74, 6) is 0.776. The lowest BCUT2D eigenvalue weighted by molar-refractivity contribution is 0.0577. The lowest BCUT2D eigenvalue weighted by atomic mass is 10.0. The van der Waals surface area contributed by atoms with Crippen LogP contribution < -0.4 is 15.0 Å². The number of amides is 2. The number of rotatable bonds is 4. The molecular formula is C23H27N5O3S. The van der Waals surface area contributed by atoms with Crippen molar-refractivity contribution in [3.8, 4) is 28.1 Å².